The Labute approximate surface area is 189 Å². The van der Waals surface area contributed by atoms with Crippen LogP contribution in [0.25, 0.3) is 6.08 Å². The van der Waals surface area contributed by atoms with Crippen molar-refractivity contribution in [2.45, 2.75) is 44.7 Å². The third kappa shape index (κ3) is 6.74. The van der Waals surface area contributed by atoms with E-state index in [0.29, 0.717) is 11.5 Å². The summed E-state index contributed by atoms with van der Waals surface area (Å²) in [5.41, 5.74) is 4.10. The first-order chi connectivity index (χ1) is 15.6. The molecular weight excluding hydrogens is 437 g/mol. The van der Waals surface area contributed by atoms with Crippen molar-refractivity contribution in [3.05, 3.63) is 59.3 Å². The minimum absolute atomic E-state index is 0.112. The lowest BCUT2D eigenvalue weighted by atomic mass is 10.0. The van der Waals surface area contributed by atoms with Crippen LogP contribution in [0, 0.1) is 5.92 Å². The van der Waals surface area contributed by atoms with E-state index in [0.717, 1.165) is 31.4 Å². The maximum Gasteiger partial charge on any atom is 0.421 e. The number of anilines is 1. The van der Waals surface area contributed by atoms with E-state index >= 15 is 0 Å². The van der Waals surface area contributed by atoms with Crippen molar-refractivity contribution in [3.8, 4) is 11.5 Å². The predicted octanol–water partition coefficient (Wildman–Crippen LogP) is 5.59. The number of carbonyl (C=O) groups excluding carboxylic acids is 1. The first-order valence-corrected chi connectivity index (χ1v) is 10.6. The van der Waals surface area contributed by atoms with Crippen molar-refractivity contribution < 1.29 is 32.6 Å². The summed E-state index contributed by atoms with van der Waals surface area (Å²) in [6, 6.07) is 9.40. The lowest BCUT2D eigenvalue weighted by Gasteiger charge is -2.15. The lowest BCUT2D eigenvalue weighted by molar-refractivity contribution is -0.138. The molecule has 9 heteroatoms. The molecule has 1 aliphatic rings. The Morgan fingerprint density at radius 3 is 2.39 bits per heavy atom. The minimum Gasteiger partial charge on any atom is -0.477 e. The molecule has 6 nitrogen and oxygen atoms in total. The predicted molar refractivity (Wildman–Crippen MR) is 117 cm³/mol. The summed E-state index contributed by atoms with van der Waals surface area (Å²) in [4.78, 5) is 23.7. The monoisotopic (exact) mass is 462 g/mol. The standard InChI is InChI=1S/C24H25F3N2O4/c25-24(26,27)22-18(28)6-3-7-20(22)33-17-11-8-16(9-12-17)14-19(23(31)32)29-21(30)13-10-15-4-1-2-5-15/h3,6-9,11-12,14-15H,1-2,4-5,10,13,28H2,(H,29,30)(H,31,32). The first kappa shape index (κ1) is 24.2. The van der Waals surface area contributed by atoms with Crippen molar-refractivity contribution in [2.24, 2.45) is 5.92 Å². The number of carboxylic acid groups (broad SMARTS) is 1. The van der Waals surface area contributed by atoms with Gasteiger partial charge in [0.25, 0.3) is 0 Å². The van der Waals surface area contributed by atoms with Gasteiger partial charge in [-0.05, 0) is 48.2 Å². The molecule has 0 unspecified atom stereocenters. The molecule has 0 heterocycles. The number of hydrogen-bond donors (Lipinski definition) is 3. The number of carbonyl (C=O) groups is 2. The van der Waals surface area contributed by atoms with Gasteiger partial charge in [-0.2, -0.15) is 13.2 Å². The molecular formula is C24H25F3N2O4. The zero-order valence-corrected chi connectivity index (χ0v) is 17.8. The van der Waals surface area contributed by atoms with Gasteiger partial charge in [-0.1, -0.05) is 43.9 Å². The molecule has 0 atom stereocenters. The normalized spacial score (nSPS) is 14.8. The van der Waals surface area contributed by atoms with Crippen LogP contribution in [0.15, 0.2) is 48.2 Å². The average molecular weight is 462 g/mol. The number of carboxylic acids is 1. The largest absolute Gasteiger partial charge is 0.477 e. The van der Waals surface area contributed by atoms with Crippen LogP contribution in [-0.2, 0) is 15.8 Å². The number of alkyl halides is 3. The van der Waals surface area contributed by atoms with Crippen LogP contribution in [0.1, 0.15) is 49.7 Å². The summed E-state index contributed by atoms with van der Waals surface area (Å²) in [6.07, 6.45) is 2.12. The number of nitrogen functional groups attached to an aromatic ring is 1. The average Bonchev–Trinajstić information content (AvgIpc) is 3.26. The summed E-state index contributed by atoms with van der Waals surface area (Å²) in [6.45, 7) is 0. The molecule has 0 bridgehead atoms. The number of aliphatic carboxylic acids is 1. The topological polar surface area (TPSA) is 102 Å². The highest BCUT2D eigenvalue weighted by molar-refractivity contribution is 5.96. The van der Waals surface area contributed by atoms with E-state index in [9.17, 15) is 27.9 Å². The molecule has 176 valence electrons. The van der Waals surface area contributed by atoms with E-state index in [1.165, 1.54) is 49.2 Å². The van der Waals surface area contributed by atoms with E-state index in [-0.39, 0.29) is 23.8 Å². The number of halogens is 3. The fourth-order valence-corrected chi connectivity index (χ4v) is 3.86. The van der Waals surface area contributed by atoms with Gasteiger partial charge in [0.2, 0.25) is 5.91 Å². The van der Waals surface area contributed by atoms with Gasteiger partial charge in [-0.3, -0.25) is 4.79 Å². The second-order valence-corrected chi connectivity index (χ2v) is 7.99. The van der Waals surface area contributed by atoms with Crippen molar-refractivity contribution in [1.82, 2.24) is 5.32 Å². The molecule has 0 aliphatic heterocycles. The van der Waals surface area contributed by atoms with Gasteiger partial charge in [0.15, 0.2) is 0 Å². The number of rotatable bonds is 8. The summed E-state index contributed by atoms with van der Waals surface area (Å²) >= 11 is 0. The quantitative estimate of drug-likeness (QED) is 0.351. The fraction of sp³-hybridized carbons (Fsp3) is 0.333. The Balaban J connectivity index is 1.68. The van der Waals surface area contributed by atoms with Crippen molar-refractivity contribution in [1.29, 1.82) is 0 Å². The van der Waals surface area contributed by atoms with Crippen LogP contribution in [-0.4, -0.2) is 17.0 Å². The molecule has 0 radical (unpaired) electrons. The fourth-order valence-electron chi connectivity index (χ4n) is 3.86. The van der Waals surface area contributed by atoms with Crippen LogP contribution in [0.3, 0.4) is 0 Å². The molecule has 2 aromatic carbocycles. The number of benzene rings is 2. The number of nitrogens with one attached hydrogen (secondary N) is 1. The molecule has 1 fully saturated rings. The number of nitrogens with two attached hydrogens (primary N) is 1. The van der Waals surface area contributed by atoms with Gasteiger partial charge >= 0.3 is 12.1 Å². The minimum atomic E-state index is -4.68. The molecule has 1 amide bonds. The number of amides is 1. The number of hydrogen-bond acceptors (Lipinski definition) is 4. The van der Waals surface area contributed by atoms with Crippen LogP contribution in [0.5, 0.6) is 11.5 Å². The van der Waals surface area contributed by atoms with Crippen LogP contribution in [0.2, 0.25) is 0 Å². The molecule has 4 N–H and O–H groups in total. The third-order valence-corrected chi connectivity index (χ3v) is 5.52. The Kier molecular flexibility index (Phi) is 7.63. The highest BCUT2D eigenvalue weighted by atomic mass is 19.4. The van der Waals surface area contributed by atoms with Gasteiger partial charge in [0.1, 0.15) is 22.8 Å². The van der Waals surface area contributed by atoms with E-state index < -0.39 is 29.1 Å². The summed E-state index contributed by atoms with van der Waals surface area (Å²) in [5, 5.41) is 11.8. The summed E-state index contributed by atoms with van der Waals surface area (Å²) < 4.78 is 45.2. The molecule has 1 saturated carbocycles. The van der Waals surface area contributed by atoms with Gasteiger partial charge in [-0.25, -0.2) is 4.79 Å². The van der Waals surface area contributed by atoms with E-state index in [1.54, 1.807) is 0 Å². The van der Waals surface area contributed by atoms with E-state index in [4.69, 9.17) is 10.5 Å². The van der Waals surface area contributed by atoms with Crippen molar-refractivity contribution in [2.75, 3.05) is 5.73 Å². The van der Waals surface area contributed by atoms with Crippen LogP contribution >= 0.6 is 0 Å². The zero-order valence-electron chi connectivity index (χ0n) is 17.8. The van der Waals surface area contributed by atoms with Gasteiger partial charge in [0, 0.05) is 12.1 Å². The highest BCUT2D eigenvalue weighted by Crippen LogP contribution is 2.41. The van der Waals surface area contributed by atoms with Gasteiger partial charge in [-0.15, -0.1) is 0 Å². The first-order valence-electron chi connectivity index (χ1n) is 10.6. The Morgan fingerprint density at radius 1 is 1.12 bits per heavy atom. The van der Waals surface area contributed by atoms with Gasteiger partial charge < -0.3 is 20.9 Å². The van der Waals surface area contributed by atoms with Crippen LogP contribution < -0.4 is 15.8 Å². The van der Waals surface area contributed by atoms with Crippen LogP contribution in [0.4, 0.5) is 18.9 Å². The molecule has 33 heavy (non-hydrogen) atoms. The molecule has 0 saturated heterocycles. The number of ether oxygens (including phenoxy) is 1. The zero-order chi connectivity index (χ0) is 24.0. The maximum atomic E-state index is 13.3. The Hall–Kier alpha value is -3.49. The van der Waals surface area contributed by atoms with Crippen molar-refractivity contribution >= 4 is 23.6 Å². The second kappa shape index (κ2) is 10.4. The van der Waals surface area contributed by atoms with Gasteiger partial charge in [0.05, 0.1) is 0 Å². The summed E-state index contributed by atoms with van der Waals surface area (Å²) in [5.74, 6) is -1.47. The van der Waals surface area contributed by atoms with E-state index in [1.807, 2.05) is 0 Å². The lowest BCUT2D eigenvalue weighted by Crippen LogP contribution is -2.27. The highest BCUT2D eigenvalue weighted by Gasteiger charge is 2.37. The molecule has 0 spiro atoms. The molecule has 2 aromatic rings. The Morgan fingerprint density at radius 2 is 1.79 bits per heavy atom. The summed E-state index contributed by atoms with van der Waals surface area (Å²) in [7, 11) is 0. The smallest absolute Gasteiger partial charge is 0.421 e. The second-order valence-electron chi connectivity index (χ2n) is 7.99. The Bertz CT molecular complexity index is 1030. The molecule has 0 aromatic heterocycles. The third-order valence-electron chi connectivity index (χ3n) is 5.52. The van der Waals surface area contributed by atoms with Crippen molar-refractivity contribution in [3.63, 3.8) is 0 Å². The molecule has 3 rings (SSSR count). The maximum absolute atomic E-state index is 13.3. The van der Waals surface area contributed by atoms with E-state index in [2.05, 4.69) is 5.32 Å². The molecule has 1 aliphatic carbocycles. The SMILES string of the molecule is Nc1cccc(Oc2ccc(C=C(NC(=O)CCC3CCCC3)C(=O)O)cc2)c1C(F)(F)F.